The summed E-state index contributed by atoms with van der Waals surface area (Å²) in [5.41, 5.74) is 1.35. The van der Waals surface area contributed by atoms with Gasteiger partial charge in [0, 0.05) is 36.2 Å². The van der Waals surface area contributed by atoms with Gasteiger partial charge in [-0.2, -0.15) is 0 Å². The standard InChI is InChI=1S/C15H22BrClN2O/c1-15(2,19-5-7-20-8-6-19)11-18-10-12-3-4-13(16)14(17)9-12/h3-4,9,18H,5-8,10-11H2,1-2H3. The summed E-state index contributed by atoms with van der Waals surface area (Å²) in [6, 6.07) is 6.08. The number of rotatable bonds is 5. The molecule has 0 bridgehead atoms. The highest BCUT2D eigenvalue weighted by molar-refractivity contribution is 9.10. The summed E-state index contributed by atoms with van der Waals surface area (Å²) in [6.45, 7) is 10.0. The molecule has 3 nitrogen and oxygen atoms in total. The molecular formula is C15H22BrClN2O. The Kier molecular flexibility index (Phi) is 5.87. The maximum absolute atomic E-state index is 6.11. The molecule has 1 aromatic carbocycles. The van der Waals surface area contributed by atoms with Crippen molar-refractivity contribution in [2.75, 3.05) is 32.8 Å². The van der Waals surface area contributed by atoms with E-state index in [0.717, 1.165) is 48.9 Å². The lowest BCUT2D eigenvalue weighted by atomic mass is 10.0. The Balaban J connectivity index is 1.83. The number of benzene rings is 1. The van der Waals surface area contributed by atoms with Crippen LogP contribution < -0.4 is 5.32 Å². The average molecular weight is 362 g/mol. The Morgan fingerprint density at radius 1 is 1.35 bits per heavy atom. The van der Waals surface area contributed by atoms with Crippen molar-refractivity contribution in [3.8, 4) is 0 Å². The molecule has 1 aliphatic heterocycles. The largest absolute Gasteiger partial charge is 0.379 e. The molecule has 0 radical (unpaired) electrons. The minimum atomic E-state index is 0.142. The first-order chi connectivity index (χ1) is 9.49. The Labute approximate surface area is 134 Å². The lowest BCUT2D eigenvalue weighted by molar-refractivity contribution is -0.00966. The second-order valence-electron chi connectivity index (χ2n) is 5.76. The fraction of sp³-hybridized carbons (Fsp3) is 0.600. The third kappa shape index (κ3) is 4.43. The highest BCUT2D eigenvalue weighted by Gasteiger charge is 2.27. The van der Waals surface area contributed by atoms with Crippen molar-refractivity contribution in [2.45, 2.75) is 25.9 Å². The molecule has 0 aromatic heterocycles. The highest BCUT2D eigenvalue weighted by atomic mass is 79.9. The molecule has 112 valence electrons. The Morgan fingerprint density at radius 3 is 2.70 bits per heavy atom. The van der Waals surface area contributed by atoms with Crippen molar-refractivity contribution in [1.82, 2.24) is 10.2 Å². The number of morpholine rings is 1. The lowest BCUT2D eigenvalue weighted by Gasteiger charge is -2.41. The van der Waals surface area contributed by atoms with Crippen LogP contribution in [0.3, 0.4) is 0 Å². The van der Waals surface area contributed by atoms with Crippen LogP contribution in [0, 0.1) is 0 Å². The zero-order valence-corrected chi connectivity index (χ0v) is 14.4. The van der Waals surface area contributed by atoms with E-state index in [1.165, 1.54) is 5.56 Å². The molecule has 1 heterocycles. The molecule has 0 saturated carbocycles. The van der Waals surface area contributed by atoms with Crippen LogP contribution in [0.4, 0.5) is 0 Å². The monoisotopic (exact) mass is 360 g/mol. The van der Waals surface area contributed by atoms with Gasteiger partial charge in [-0.1, -0.05) is 17.7 Å². The van der Waals surface area contributed by atoms with E-state index in [-0.39, 0.29) is 5.54 Å². The fourth-order valence-electron chi connectivity index (χ4n) is 2.44. The van der Waals surface area contributed by atoms with Gasteiger partial charge >= 0.3 is 0 Å². The molecule has 1 fully saturated rings. The van der Waals surface area contributed by atoms with Gasteiger partial charge < -0.3 is 10.1 Å². The molecule has 2 rings (SSSR count). The van der Waals surface area contributed by atoms with E-state index in [1.54, 1.807) is 0 Å². The van der Waals surface area contributed by atoms with Gasteiger partial charge in [-0.25, -0.2) is 0 Å². The number of nitrogens with one attached hydrogen (secondary N) is 1. The van der Waals surface area contributed by atoms with Crippen LogP contribution in [0.15, 0.2) is 22.7 Å². The van der Waals surface area contributed by atoms with Crippen LogP contribution in [0.1, 0.15) is 19.4 Å². The van der Waals surface area contributed by atoms with Crippen LogP contribution in [0.2, 0.25) is 5.02 Å². The third-order valence-electron chi connectivity index (χ3n) is 3.74. The number of hydrogen-bond donors (Lipinski definition) is 1. The van der Waals surface area contributed by atoms with E-state index in [4.69, 9.17) is 16.3 Å². The van der Waals surface area contributed by atoms with Gasteiger partial charge in [0.15, 0.2) is 0 Å². The topological polar surface area (TPSA) is 24.5 Å². The molecular weight excluding hydrogens is 340 g/mol. The molecule has 0 amide bonds. The summed E-state index contributed by atoms with van der Waals surface area (Å²) in [5, 5.41) is 4.29. The van der Waals surface area contributed by atoms with Gasteiger partial charge in [0.1, 0.15) is 0 Å². The second kappa shape index (κ2) is 7.23. The number of hydrogen-bond acceptors (Lipinski definition) is 3. The zero-order valence-electron chi connectivity index (χ0n) is 12.1. The van der Waals surface area contributed by atoms with Crippen LogP contribution in [0.25, 0.3) is 0 Å². The average Bonchev–Trinajstić information content (AvgIpc) is 2.44. The molecule has 0 aliphatic carbocycles. The fourth-order valence-corrected chi connectivity index (χ4v) is 2.89. The SMILES string of the molecule is CC(C)(CNCc1ccc(Br)c(Cl)c1)N1CCOCC1. The molecule has 1 aliphatic rings. The first-order valence-corrected chi connectivity index (χ1v) is 8.13. The lowest BCUT2D eigenvalue weighted by Crippen LogP contribution is -2.54. The number of halogens is 2. The zero-order chi connectivity index (χ0) is 14.6. The molecule has 0 spiro atoms. The Morgan fingerprint density at radius 2 is 2.05 bits per heavy atom. The van der Waals surface area contributed by atoms with Gasteiger partial charge in [-0.05, 0) is 47.5 Å². The summed E-state index contributed by atoms with van der Waals surface area (Å²) in [5.74, 6) is 0. The van der Waals surface area contributed by atoms with Crippen molar-refractivity contribution in [3.05, 3.63) is 33.3 Å². The van der Waals surface area contributed by atoms with Gasteiger partial charge in [-0.3, -0.25) is 4.90 Å². The summed E-state index contributed by atoms with van der Waals surface area (Å²) < 4.78 is 6.35. The molecule has 0 unspecified atom stereocenters. The summed E-state index contributed by atoms with van der Waals surface area (Å²) >= 11 is 9.52. The van der Waals surface area contributed by atoms with Gasteiger partial charge in [0.2, 0.25) is 0 Å². The molecule has 20 heavy (non-hydrogen) atoms. The molecule has 5 heteroatoms. The van der Waals surface area contributed by atoms with Gasteiger partial charge in [0.05, 0.1) is 18.2 Å². The Hall–Kier alpha value is -0.130. The highest BCUT2D eigenvalue weighted by Crippen LogP contribution is 2.23. The molecule has 1 N–H and O–H groups in total. The van der Waals surface area contributed by atoms with E-state index in [1.807, 2.05) is 12.1 Å². The van der Waals surface area contributed by atoms with Gasteiger partial charge in [-0.15, -0.1) is 0 Å². The quantitative estimate of drug-likeness (QED) is 0.871. The molecule has 0 atom stereocenters. The summed E-state index contributed by atoms with van der Waals surface area (Å²) in [6.07, 6.45) is 0. The predicted molar refractivity (Wildman–Crippen MR) is 87.3 cm³/mol. The maximum Gasteiger partial charge on any atom is 0.0594 e. The van der Waals surface area contributed by atoms with Crippen molar-refractivity contribution in [2.24, 2.45) is 0 Å². The second-order valence-corrected chi connectivity index (χ2v) is 7.03. The maximum atomic E-state index is 6.11. The van der Waals surface area contributed by atoms with Crippen LogP contribution in [0.5, 0.6) is 0 Å². The first kappa shape index (κ1) is 16.2. The van der Waals surface area contributed by atoms with Crippen LogP contribution >= 0.6 is 27.5 Å². The summed E-state index contributed by atoms with van der Waals surface area (Å²) in [4.78, 5) is 2.48. The minimum absolute atomic E-state index is 0.142. The van der Waals surface area contributed by atoms with Gasteiger partial charge in [0.25, 0.3) is 0 Å². The first-order valence-electron chi connectivity index (χ1n) is 6.96. The van der Waals surface area contributed by atoms with Crippen molar-refractivity contribution < 1.29 is 4.74 Å². The number of ether oxygens (including phenoxy) is 1. The van der Waals surface area contributed by atoms with Crippen molar-refractivity contribution >= 4 is 27.5 Å². The van der Waals surface area contributed by atoms with E-state index < -0.39 is 0 Å². The molecule has 1 aromatic rings. The normalized spacial score (nSPS) is 17.4. The molecule has 1 saturated heterocycles. The number of nitrogens with zero attached hydrogens (tertiary/aromatic N) is 1. The Bertz CT molecular complexity index is 447. The smallest absolute Gasteiger partial charge is 0.0594 e. The van der Waals surface area contributed by atoms with E-state index in [2.05, 4.69) is 46.1 Å². The summed E-state index contributed by atoms with van der Waals surface area (Å²) in [7, 11) is 0. The minimum Gasteiger partial charge on any atom is -0.379 e. The van der Waals surface area contributed by atoms with Crippen LogP contribution in [-0.4, -0.2) is 43.3 Å². The van der Waals surface area contributed by atoms with E-state index in [0.29, 0.717) is 0 Å². The van der Waals surface area contributed by atoms with Crippen LogP contribution in [-0.2, 0) is 11.3 Å². The van der Waals surface area contributed by atoms with Crippen molar-refractivity contribution in [1.29, 1.82) is 0 Å². The van der Waals surface area contributed by atoms with Crippen molar-refractivity contribution in [3.63, 3.8) is 0 Å². The van der Waals surface area contributed by atoms with E-state index in [9.17, 15) is 0 Å². The predicted octanol–water partition coefficient (Wildman–Crippen LogP) is 3.30. The third-order valence-corrected chi connectivity index (χ3v) is 4.97. The van der Waals surface area contributed by atoms with E-state index >= 15 is 0 Å².